The highest BCUT2D eigenvalue weighted by molar-refractivity contribution is 9.10. The van der Waals surface area contributed by atoms with Crippen LogP contribution in [0, 0.1) is 5.82 Å². The number of halogens is 2. The zero-order valence-electron chi connectivity index (χ0n) is 9.41. The van der Waals surface area contributed by atoms with Crippen LogP contribution in [-0.2, 0) is 6.42 Å². The minimum atomic E-state index is -0.217. The molecule has 17 heavy (non-hydrogen) atoms. The van der Waals surface area contributed by atoms with Crippen LogP contribution in [0.2, 0.25) is 0 Å². The number of nitrogens with one attached hydrogen (secondary N) is 1. The molecule has 2 aromatic rings. The predicted octanol–water partition coefficient (Wildman–Crippen LogP) is 3.68. The summed E-state index contributed by atoms with van der Waals surface area (Å²) in [6.07, 6.45) is 2.24. The molecule has 1 aromatic heterocycles. The molecule has 0 fully saturated rings. The highest BCUT2D eigenvalue weighted by Crippen LogP contribution is 2.28. The van der Waals surface area contributed by atoms with E-state index in [2.05, 4.69) is 21.2 Å². The van der Waals surface area contributed by atoms with Crippen LogP contribution in [0.15, 0.2) is 45.5 Å². The fraction of sp³-hybridized carbons (Fsp3) is 0.231. The number of furan rings is 1. The molecule has 0 spiro atoms. The van der Waals surface area contributed by atoms with Crippen molar-refractivity contribution in [3.05, 3.63) is 58.2 Å². The van der Waals surface area contributed by atoms with Gasteiger partial charge in [-0.1, -0.05) is 22.0 Å². The molecular weight excluding hydrogens is 285 g/mol. The smallest absolute Gasteiger partial charge is 0.129 e. The van der Waals surface area contributed by atoms with Gasteiger partial charge < -0.3 is 9.73 Å². The average molecular weight is 298 g/mol. The van der Waals surface area contributed by atoms with Crippen molar-refractivity contribution in [2.75, 3.05) is 7.05 Å². The number of rotatable bonds is 4. The van der Waals surface area contributed by atoms with Gasteiger partial charge in [-0.15, -0.1) is 0 Å². The van der Waals surface area contributed by atoms with Crippen molar-refractivity contribution in [3.8, 4) is 0 Å². The Morgan fingerprint density at radius 1 is 1.35 bits per heavy atom. The van der Waals surface area contributed by atoms with Gasteiger partial charge in [0.25, 0.3) is 0 Å². The Bertz CT molecular complexity index is 464. The summed E-state index contributed by atoms with van der Waals surface area (Å²) >= 11 is 3.38. The molecule has 2 rings (SSSR count). The lowest BCUT2D eigenvalue weighted by atomic mass is 10.0. The summed E-state index contributed by atoms with van der Waals surface area (Å²) < 4.78 is 19.9. The molecule has 1 unspecified atom stereocenters. The predicted molar refractivity (Wildman–Crippen MR) is 68.3 cm³/mol. The largest absolute Gasteiger partial charge is 0.469 e. The second kappa shape index (κ2) is 5.47. The molecule has 2 nitrogen and oxygen atoms in total. The number of hydrogen-bond donors (Lipinski definition) is 1. The third kappa shape index (κ3) is 2.76. The van der Waals surface area contributed by atoms with Crippen LogP contribution < -0.4 is 5.32 Å². The van der Waals surface area contributed by atoms with E-state index < -0.39 is 0 Å². The maximum atomic E-state index is 13.8. The third-order valence-corrected chi connectivity index (χ3v) is 3.37. The summed E-state index contributed by atoms with van der Waals surface area (Å²) in [6.45, 7) is 0. The Hall–Kier alpha value is -1.13. The molecule has 0 bridgehead atoms. The average Bonchev–Trinajstić information content (AvgIpc) is 2.80. The molecular formula is C13H13BrFNO. The molecule has 0 aliphatic heterocycles. The Balaban J connectivity index is 2.29. The number of likely N-dealkylation sites (N-methyl/N-ethyl adjacent to an activating group) is 1. The Labute approximate surface area is 108 Å². The summed E-state index contributed by atoms with van der Waals surface area (Å²) in [5, 5.41) is 3.11. The van der Waals surface area contributed by atoms with Gasteiger partial charge in [0.1, 0.15) is 11.6 Å². The van der Waals surface area contributed by atoms with Crippen molar-refractivity contribution in [3.63, 3.8) is 0 Å². The van der Waals surface area contributed by atoms with Crippen molar-refractivity contribution in [1.29, 1.82) is 0 Å². The molecule has 0 radical (unpaired) electrons. The van der Waals surface area contributed by atoms with Crippen LogP contribution in [-0.4, -0.2) is 7.05 Å². The van der Waals surface area contributed by atoms with Gasteiger partial charge in [0.2, 0.25) is 0 Å². The van der Waals surface area contributed by atoms with Crippen molar-refractivity contribution in [1.82, 2.24) is 5.32 Å². The summed E-state index contributed by atoms with van der Waals surface area (Å²) in [4.78, 5) is 0. The minimum absolute atomic E-state index is 0.114. The van der Waals surface area contributed by atoms with E-state index in [4.69, 9.17) is 4.42 Å². The molecule has 4 heteroatoms. The third-order valence-electron chi connectivity index (χ3n) is 2.68. The second-order valence-electron chi connectivity index (χ2n) is 3.76. The molecule has 0 amide bonds. The van der Waals surface area contributed by atoms with Crippen molar-refractivity contribution in [2.45, 2.75) is 12.5 Å². The first kappa shape index (κ1) is 12.3. The SMILES string of the molecule is CNC(Cc1ccco1)c1c(F)cccc1Br. The first-order valence-corrected chi connectivity index (χ1v) is 6.15. The van der Waals surface area contributed by atoms with E-state index >= 15 is 0 Å². The molecule has 0 saturated carbocycles. The summed E-state index contributed by atoms with van der Waals surface area (Å²) in [7, 11) is 1.81. The fourth-order valence-electron chi connectivity index (χ4n) is 1.82. The van der Waals surface area contributed by atoms with Gasteiger partial charge in [0, 0.05) is 22.5 Å². The van der Waals surface area contributed by atoms with Gasteiger partial charge in [0.15, 0.2) is 0 Å². The summed E-state index contributed by atoms with van der Waals surface area (Å²) in [5.41, 5.74) is 0.631. The summed E-state index contributed by atoms with van der Waals surface area (Å²) in [5.74, 6) is 0.616. The zero-order valence-corrected chi connectivity index (χ0v) is 11.0. The quantitative estimate of drug-likeness (QED) is 0.931. The van der Waals surface area contributed by atoms with Gasteiger partial charge in [-0.3, -0.25) is 0 Å². The van der Waals surface area contributed by atoms with Crippen LogP contribution in [0.3, 0.4) is 0 Å². The first-order chi connectivity index (χ1) is 8.22. The van der Waals surface area contributed by atoms with E-state index in [1.54, 1.807) is 12.3 Å². The normalized spacial score (nSPS) is 12.6. The lowest BCUT2D eigenvalue weighted by Crippen LogP contribution is -2.20. The van der Waals surface area contributed by atoms with E-state index in [1.807, 2.05) is 25.2 Å². The molecule has 90 valence electrons. The Morgan fingerprint density at radius 3 is 2.76 bits per heavy atom. The van der Waals surface area contributed by atoms with E-state index in [0.717, 1.165) is 10.2 Å². The summed E-state index contributed by atoms with van der Waals surface area (Å²) in [6, 6.07) is 8.59. The van der Waals surface area contributed by atoms with Crippen LogP contribution in [0.25, 0.3) is 0 Å². The minimum Gasteiger partial charge on any atom is -0.469 e. The lowest BCUT2D eigenvalue weighted by molar-refractivity contribution is 0.454. The standard InChI is InChI=1S/C13H13BrFNO/c1-16-12(8-9-4-3-7-17-9)13-10(14)5-2-6-11(13)15/h2-7,12,16H,8H2,1H3. The number of benzene rings is 1. The van der Waals surface area contributed by atoms with E-state index in [0.29, 0.717) is 12.0 Å². The highest BCUT2D eigenvalue weighted by atomic mass is 79.9. The van der Waals surface area contributed by atoms with Gasteiger partial charge >= 0.3 is 0 Å². The Kier molecular flexibility index (Phi) is 3.97. The van der Waals surface area contributed by atoms with Gasteiger partial charge in [-0.25, -0.2) is 4.39 Å². The molecule has 1 atom stereocenters. The van der Waals surface area contributed by atoms with Crippen LogP contribution in [0.4, 0.5) is 4.39 Å². The highest BCUT2D eigenvalue weighted by Gasteiger charge is 2.18. The van der Waals surface area contributed by atoms with E-state index in [-0.39, 0.29) is 11.9 Å². The monoisotopic (exact) mass is 297 g/mol. The van der Waals surface area contributed by atoms with Crippen LogP contribution in [0.1, 0.15) is 17.4 Å². The second-order valence-corrected chi connectivity index (χ2v) is 4.61. The van der Waals surface area contributed by atoms with E-state index in [1.165, 1.54) is 6.07 Å². The van der Waals surface area contributed by atoms with E-state index in [9.17, 15) is 4.39 Å². The molecule has 1 heterocycles. The maximum absolute atomic E-state index is 13.8. The molecule has 1 aromatic carbocycles. The Morgan fingerprint density at radius 2 is 2.18 bits per heavy atom. The van der Waals surface area contributed by atoms with Crippen molar-refractivity contribution < 1.29 is 8.81 Å². The fourth-order valence-corrected chi connectivity index (χ4v) is 2.44. The van der Waals surface area contributed by atoms with Gasteiger partial charge in [-0.2, -0.15) is 0 Å². The zero-order chi connectivity index (χ0) is 12.3. The van der Waals surface area contributed by atoms with Crippen LogP contribution in [0.5, 0.6) is 0 Å². The first-order valence-electron chi connectivity index (χ1n) is 5.36. The number of hydrogen-bond acceptors (Lipinski definition) is 2. The maximum Gasteiger partial charge on any atom is 0.129 e. The van der Waals surface area contributed by atoms with Gasteiger partial charge in [-0.05, 0) is 31.3 Å². The van der Waals surface area contributed by atoms with Crippen LogP contribution >= 0.6 is 15.9 Å². The van der Waals surface area contributed by atoms with Crippen molar-refractivity contribution >= 4 is 15.9 Å². The topological polar surface area (TPSA) is 25.2 Å². The molecule has 0 aliphatic carbocycles. The molecule has 1 N–H and O–H groups in total. The molecule has 0 saturated heterocycles. The van der Waals surface area contributed by atoms with Gasteiger partial charge in [0.05, 0.1) is 6.26 Å². The lowest BCUT2D eigenvalue weighted by Gasteiger charge is -2.17. The van der Waals surface area contributed by atoms with Crippen molar-refractivity contribution in [2.24, 2.45) is 0 Å². The molecule has 0 aliphatic rings.